The Morgan fingerprint density at radius 2 is 1.27 bits per heavy atom. The van der Waals surface area contributed by atoms with Gasteiger partial charge in [-0.1, -0.05) is 42.5 Å². The molecule has 6 heteroatoms. The standard InChI is InChI=1S/C20H24O6/c1-3-10-21-14-17-15(22-11-4-2)19-16(18(14)25-20(24-17)26-19)23-12-13-8-6-5-7-9-13/h3-9,14-20H,1-2,10-12H2/t14-,15-,16?,17?,18-,19+,20?/m0/s1. The highest BCUT2D eigenvalue weighted by Gasteiger charge is 2.63. The lowest BCUT2D eigenvalue weighted by molar-refractivity contribution is -0.488. The maximum absolute atomic E-state index is 6.21. The minimum absolute atomic E-state index is 0.269. The molecule has 1 aromatic rings. The van der Waals surface area contributed by atoms with Crippen LogP contribution in [0.15, 0.2) is 55.6 Å². The lowest BCUT2D eigenvalue weighted by Crippen LogP contribution is -2.76. The van der Waals surface area contributed by atoms with Gasteiger partial charge < -0.3 is 28.4 Å². The smallest absolute Gasteiger partial charge is 0.272 e. The van der Waals surface area contributed by atoms with Gasteiger partial charge in [-0.3, -0.25) is 0 Å². The van der Waals surface area contributed by atoms with Gasteiger partial charge in [-0.05, 0) is 5.56 Å². The summed E-state index contributed by atoms with van der Waals surface area (Å²) >= 11 is 0. The number of hydrogen-bond donors (Lipinski definition) is 0. The van der Waals surface area contributed by atoms with Crippen molar-refractivity contribution in [3.63, 3.8) is 0 Å². The van der Waals surface area contributed by atoms with E-state index < -0.39 is 6.48 Å². The Morgan fingerprint density at radius 3 is 1.77 bits per heavy atom. The molecule has 4 bridgehead atoms. The molecule has 140 valence electrons. The Labute approximate surface area is 153 Å². The van der Waals surface area contributed by atoms with Crippen LogP contribution in [-0.2, 0) is 35.0 Å². The second-order valence-corrected chi connectivity index (χ2v) is 6.53. The third-order valence-electron chi connectivity index (χ3n) is 4.85. The van der Waals surface area contributed by atoms with Crippen molar-refractivity contribution in [2.24, 2.45) is 0 Å². The van der Waals surface area contributed by atoms with Crippen LogP contribution in [0.4, 0.5) is 0 Å². The van der Waals surface area contributed by atoms with Gasteiger partial charge in [0.15, 0.2) is 0 Å². The maximum atomic E-state index is 6.21. The van der Waals surface area contributed by atoms with Gasteiger partial charge in [0.25, 0.3) is 6.48 Å². The number of hydrogen-bond acceptors (Lipinski definition) is 6. The summed E-state index contributed by atoms with van der Waals surface area (Å²) in [7, 11) is 0. The molecule has 0 amide bonds. The van der Waals surface area contributed by atoms with Crippen LogP contribution in [0.3, 0.4) is 0 Å². The molecule has 7 atom stereocenters. The van der Waals surface area contributed by atoms with Crippen molar-refractivity contribution in [1.82, 2.24) is 0 Å². The summed E-state index contributed by atoms with van der Waals surface area (Å²) in [5.41, 5.74) is 1.09. The molecule has 1 aromatic carbocycles. The van der Waals surface area contributed by atoms with Gasteiger partial charge in [-0.2, -0.15) is 0 Å². The molecule has 4 aliphatic rings. The van der Waals surface area contributed by atoms with E-state index in [4.69, 9.17) is 28.4 Å². The highest BCUT2D eigenvalue weighted by Crippen LogP contribution is 2.43. The molecule has 0 spiro atoms. The van der Waals surface area contributed by atoms with Crippen molar-refractivity contribution in [2.45, 2.75) is 49.7 Å². The largest absolute Gasteiger partial charge is 0.369 e. The monoisotopic (exact) mass is 360 g/mol. The third-order valence-corrected chi connectivity index (χ3v) is 4.85. The summed E-state index contributed by atoms with van der Waals surface area (Å²) in [5.74, 6) is 0. The lowest BCUT2D eigenvalue weighted by atomic mass is 9.82. The molecule has 0 N–H and O–H groups in total. The molecule has 4 fully saturated rings. The van der Waals surface area contributed by atoms with Gasteiger partial charge in [0, 0.05) is 0 Å². The summed E-state index contributed by atoms with van der Waals surface area (Å²) in [4.78, 5) is 0. The molecule has 6 nitrogen and oxygen atoms in total. The molecule has 3 heterocycles. The number of benzene rings is 1. The summed E-state index contributed by atoms with van der Waals surface area (Å²) < 4.78 is 35.7. The molecule has 3 aliphatic heterocycles. The van der Waals surface area contributed by atoms with Crippen LogP contribution in [0.1, 0.15) is 5.56 Å². The van der Waals surface area contributed by atoms with Crippen molar-refractivity contribution in [2.75, 3.05) is 13.2 Å². The number of ether oxygens (including phenoxy) is 6. The fourth-order valence-corrected chi connectivity index (χ4v) is 3.76. The van der Waals surface area contributed by atoms with E-state index in [0.29, 0.717) is 19.8 Å². The third kappa shape index (κ3) is 3.36. The Hall–Kier alpha value is -1.54. The fourth-order valence-electron chi connectivity index (χ4n) is 3.76. The van der Waals surface area contributed by atoms with Crippen LogP contribution in [0, 0.1) is 0 Å². The predicted octanol–water partition coefficient (Wildman–Crippen LogP) is 2.19. The van der Waals surface area contributed by atoms with E-state index in [9.17, 15) is 0 Å². The average Bonchev–Trinajstić information content (AvgIpc) is 2.67. The first kappa shape index (κ1) is 17.9. The van der Waals surface area contributed by atoms with Gasteiger partial charge >= 0.3 is 0 Å². The first-order valence-corrected chi connectivity index (χ1v) is 8.88. The van der Waals surface area contributed by atoms with Crippen molar-refractivity contribution < 1.29 is 28.4 Å². The maximum Gasteiger partial charge on any atom is 0.272 e. The van der Waals surface area contributed by atoms with Crippen molar-refractivity contribution in [3.8, 4) is 0 Å². The van der Waals surface area contributed by atoms with E-state index in [2.05, 4.69) is 13.2 Å². The quantitative estimate of drug-likeness (QED) is 0.630. The van der Waals surface area contributed by atoms with Gasteiger partial charge in [0.2, 0.25) is 0 Å². The molecular formula is C20H24O6. The van der Waals surface area contributed by atoms with Crippen molar-refractivity contribution in [1.29, 1.82) is 0 Å². The molecule has 0 aromatic heterocycles. The first-order valence-electron chi connectivity index (χ1n) is 8.88. The molecule has 26 heavy (non-hydrogen) atoms. The zero-order valence-electron chi connectivity index (χ0n) is 14.6. The second kappa shape index (κ2) is 8.00. The Bertz CT molecular complexity index is 590. The highest BCUT2D eigenvalue weighted by molar-refractivity contribution is 5.14. The Morgan fingerprint density at radius 1 is 0.769 bits per heavy atom. The molecule has 1 saturated carbocycles. The van der Waals surface area contributed by atoms with E-state index in [0.717, 1.165) is 5.56 Å². The van der Waals surface area contributed by atoms with Gasteiger partial charge in [-0.25, -0.2) is 0 Å². The van der Waals surface area contributed by atoms with Crippen LogP contribution in [0.25, 0.3) is 0 Å². The van der Waals surface area contributed by atoms with Crippen molar-refractivity contribution >= 4 is 0 Å². The van der Waals surface area contributed by atoms with E-state index in [1.54, 1.807) is 12.2 Å². The normalized spacial score (nSPS) is 37.6. The topological polar surface area (TPSA) is 55.4 Å². The lowest BCUT2D eigenvalue weighted by Gasteiger charge is -2.58. The summed E-state index contributed by atoms with van der Waals surface area (Å²) in [5, 5.41) is 0. The second-order valence-electron chi connectivity index (χ2n) is 6.53. The fraction of sp³-hybridized carbons (Fsp3) is 0.500. The minimum atomic E-state index is -0.696. The Balaban J connectivity index is 1.53. The summed E-state index contributed by atoms with van der Waals surface area (Å²) in [6, 6.07) is 10.0. The Kier molecular flexibility index (Phi) is 5.49. The predicted molar refractivity (Wildman–Crippen MR) is 93.3 cm³/mol. The van der Waals surface area contributed by atoms with E-state index in [-0.39, 0.29) is 36.6 Å². The van der Waals surface area contributed by atoms with Crippen molar-refractivity contribution in [3.05, 3.63) is 61.2 Å². The van der Waals surface area contributed by atoms with Gasteiger partial charge in [0.05, 0.1) is 19.8 Å². The molecule has 0 radical (unpaired) electrons. The minimum Gasteiger partial charge on any atom is -0.369 e. The van der Waals surface area contributed by atoms with Crippen LogP contribution >= 0.6 is 0 Å². The van der Waals surface area contributed by atoms with Crippen LogP contribution in [0.5, 0.6) is 0 Å². The first-order chi connectivity index (χ1) is 12.8. The van der Waals surface area contributed by atoms with Crippen LogP contribution in [-0.4, -0.2) is 56.3 Å². The summed E-state index contributed by atoms with van der Waals surface area (Å²) in [6.07, 6.45) is 1.68. The van der Waals surface area contributed by atoms with Gasteiger partial charge in [-0.15, -0.1) is 13.2 Å². The number of rotatable bonds is 9. The molecule has 5 rings (SSSR count). The van der Waals surface area contributed by atoms with E-state index >= 15 is 0 Å². The van der Waals surface area contributed by atoms with Gasteiger partial charge in [0.1, 0.15) is 36.6 Å². The zero-order chi connectivity index (χ0) is 17.9. The average molecular weight is 360 g/mol. The van der Waals surface area contributed by atoms with E-state index in [1.165, 1.54) is 0 Å². The molecular weight excluding hydrogens is 336 g/mol. The summed E-state index contributed by atoms with van der Waals surface area (Å²) in [6.45, 7) is 8.01. The molecule has 3 saturated heterocycles. The SMILES string of the molecule is C=CCO[C@H]1C2OC3O[C@@H]1C(OCc1ccccc1)[C@H](O3)[C@H]2OCC=C. The zero-order valence-corrected chi connectivity index (χ0v) is 14.6. The molecule has 3 unspecified atom stereocenters. The van der Waals surface area contributed by atoms with Crippen LogP contribution in [0.2, 0.25) is 0 Å². The molecule has 1 aliphatic carbocycles. The highest BCUT2D eigenvalue weighted by atomic mass is 16.9. The van der Waals surface area contributed by atoms with E-state index in [1.807, 2.05) is 30.3 Å². The van der Waals surface area contributed by atoms with Crippen LogP contribution < -0.4 is 0 Å².